The van der Waals surface area contributed by atoms with Gasteiger partial charge in [-0.05, 0) is 24.8 Å². The van der Waals surface area contributed by atoms with Crippen molar-refractivity contribution in [1.82, 2.24) is 10.3 Å². The van der Waals surface area contributed by atoms with Crippen molar-refractivity contribution in [3.8, 4) is 0 Å². The summed E-state index contributed by atoms with van der Waals surface area (Å²) in [6.07, 6.45) is 6.29. The van der Waals surface area contributed by atoms with Gasteiger partial charge in [0.25, 0.3) is 0 Å². The van der Waals surface area contributed by atoms with Crippen LogP contribution in [0.4, 0.5) is 0 Å². The first-order valence-electron chi connectivity index (χ1n) is 7.68. The predicted molar refractivity (Wildman–Crippen MR) is 86.6 cm³/mol. The van der Waals surface area contributed by atoms with Gasteiger partial charge < -0.3 is 10.4 Å². The average molecular weight is 302 g/mol. The van der Waals surface area contributed by atoms with Crippen molar-refractivity contribution in [3.63, 3.8) is 0 Å². The lowest BCUT2D eigenvalue weighted by molar-refractivity contribution is 0.171. The summed E-state index contributed by atoms with van der Waals surface area (Å²) in [4.78, 5) is 5.79. The quantitative estimate of drug-likeness (QED) is 0.826. The van der Waals surface area contributed by atoms with E-state index in [1.165, 1.54) is 34.7 Å². The molecule has 3 rings (SSSR count). The maximum Gasteiger partial charge on any atom is 0.0959 e. The lowest BCUT2D eigenvalue weighted by atomic mass is 9.86. The minimum Gasteiger partial charge on any atom is -0.391 e. The molecule has 1 aromatic heterocycles. The molecule has 2 N–H and O–H groups in total. The van der Waals surface area contributed by atoms with Crippen molar-refractivity contribution in [2.45, 2.75) is 44.2 Å². The molecular weight excluding hydrogens is 280 g/mol. The molecule has 2 aromatic rings. The van der Waals surface area contributed by atoms with E-state index in [2.05, 4.69) is 22.4 Å². The Bertz CT molecular complexity index is 551. The molecular formula is C17H22N2OS. The molecule has 1 saturated carbocycles. The summed E-state index contributed by atoms with van der Waals surface area (Å²) < 4.78 is 0. The van der Waals surface area contributed by atoms with E-state index in [9.17, 15) is 5.11 Å². The normalized spacial score (nSPS) is 16.6. The molecule has 0 aliphatic heterocycles. The largest absolute Gasteiger partial charge is 0.391 e. The van der Waals surface area contributed by atoms with Gasteiger partial charge in [-0.25, -0.2) is 4.98 Å². The van der Waals surface area contributed by atoms with Gasteiger partial charge in [0.05, 0.1) is 11.1 Å². The van der Waals surface area contributed by atoms with E-state index in [0.29, 0.717) is 18.9 Å². The van der Waals surface area contributed by atoms with Crippen molar-refractivity contribution in [2.24, 2.45) is 0 Å². The number of thiazole rings is 1. The molecule has 1 atom stereocenters. The number of aromatic nitrogens is 1. The molecule has 1 heterocycles. The van der Waals surface area contributed by atoms with Gasteiger partial charge >= 0.3 is 0 Å². The van der Waals surface area contributed by atoms with E-state index in [0.717, 1.165) is 6.54 Å². The summed E-state index contributed by atoms with van der Waals surface area (Å²) in [5.41, 5.74) is 1.18. The number of aliphatic hydroxyl groups is 1. The number of nitrogens with zero attached hydrogens (tertiary/aromatic N) is 1. The summed E-state index contributed by atoms with van der Waals surface area (Å²) in [6.45, 7) is 1.42. The zero-order chi connectivity index (χ0) is 14.5. The third-order valence-electron chi connectivity index (χ3n) is 4.02. The topological polar surface area (TPSA) is 45.1 Å². The molecule has 21 heavy (non-hydrogen) atoms. The molecule has 0 saturated heterocycles. The Labute approximate surface area is 130 Å². The zero-order valence-electron chi connectivity index (χ0n) is 12.2. The van der Waals surface area contributed by atoms with Crippen LogP contribution in [0.5, 0.6) is 0 Å². The second-order valence-corrected chi connectivity index (χ2v) is 6.91. The minimum absolute atomic E-state index is 0.341. The Morgan fingerprint density at radius 1 is 1.29 bits per heavy atom. The third-order valence-corrected chi connectivity index (χ3v) is 5.18. The Hall–Kier alpha value is -1.23. The van der Waals surface area contributed by atoms with E-state index >= 15 is 0 Å². The van der Waals surface area contributed by atoms with Crippen LogP contribution in [0.1, 0.15) is 40.6 Å². The van der Waals surface area contributed by atoms with Crippen LogP contribution in [0.2, 0.25) is 0 Å². The Morgan fingerprint density at radius 3 is 2.81 bits per heavy atom. The monoisotopic (exact) mass is 302 g/mol. The van der Waals surface area contributed by atoms with Crippen LogP contribution in [0.25, 0.3) is 0 Å². The first-order chi connectivity index (χ1) is 10.3. The van der Waals surface area contributed by atoms with Gasteiger partial charge in [0.1, 0.15) is 0 Å². The fraction of sp³-hybridized carbons (Fsp3) is 0.471. The number of aliphatic hydroxyl groups excluding tert-OH is 1. The second-order valence-electron chi connectivity index (χ2n) is 5.77. The van der Waals surface area contributed by atoms with E-state index in [1.54, 1.807) is 0 Å². The van der Waals surface area contributed by atoms with Crippen molar-refractivity contribution in [1.29, 1.82) is 0 Å². The van der Waals surface area contributed by atoms with Crippen LogP contribution in [0.15, 0.2) is 36.5 Å². The van der Waals surface area contributed by atoms with Gasteiger partial charge in [-0.3, -0.25) is 0 Å². The number of benzene rings is 1. The maximum atomic E-state index is 10.0. The fourth-order valence-electron chi connectivity index (χ4n) is 2.57. The predicted octanol–water partition coefficient (Wildman–Crippen LogP) is 3.10. The molecule has 0 radical (unpaired) electrons. The molecule has 4 heteroatoms. The molecule has 1 aliphatic rings. The molecule has 1 fully saturated rings. The minimum atomic E-state index is -0.341. The number of hydrogen-bond donors (Lipinski definition) is 2. The van der Waals surface area contributed by atoms with E-state index in [-0.39, 0.29) is 6.10 Å². The molecule has 0 amide bonds. The zero-order valence-corrected chi connectivity index (χ0v) is 13.0. The molecule has 3 nitrogen and oxygen atoms in total. The first-order valence-corrected chi connectivity index (χ1v) is 8.50. The molecule has 1 unspecified atom stereocenters. The second kappa shape index (κ2) is 7.16. The number of rotatable bonds is 7. The summed E-state index contributed by atoms with van der Waals surface area (Å²) in [6, 6.07) is 10.1. The lowest BCUT2D eigenvalue weighted by Crippen LogP contribution is -2.27. The van der Waals surface area contributed by atoms with Crippen LogP contribution >= 0.6 is 11.3 Å². The first kappa shape index (κ1) is 14.7. The Kier molecular flexibility index (Phi) is 5.01. The third kappa shape index (κ3) is 4.13. The molecule has 0 spiro atoms. The summed E-state index contributed by atoms with van der Waals surface area (Å²) in [7, 11) is 0. The van der Waals surface area contributed by atoms with Crippen molar-refractivity contribution in [3.05, 3.63) is 52.0 Å². The highest BCUT2D eigenvalue weighted by Gasteiger charge is 2.22. The van der Waals surface area contributed by atoms with Gasteiger partial charge in [0, 0.05) is 30.1 Å². The van der Waals surface area contributed by atoms with Crippen LogP contribution in [0.3, 0.4) is 0 Å². The number of nitrogens with one attached hydrogen (secondary N) is 1. The molecule has 112 valence electrons. The molecule has 1 aromatic carbocycles. The standard InChI is InChI=1S/C17H22N2OS/c20-15(9-13-5-2-1-3-6-13)10-18-11-16-12-19-17(21-16)14-7-4-8-14/h1-3,5-6,12,14-15,18,20H,4,7-11H2. The summed E-state index contributed by atoms with van der Waals surface area (Å²) in [5.74, 6) is 0.715. The van der Waals surface area contributed by atoms with Crippen LogP contribution in [0, 0.1) is 0 Å². The van der Waals surface area contributed by atoms with E-state index < -0.39 is 0 Å². The van der Waals surface area contributed by atoms with Crippen molar-refractivity contribution >= 4 is 11.3 Å². The molecule has 1 aliphatic carbocycles. The van der Waals surface area contributed by atoms with Crippen molar-refractivity contribution in [2.75, 3.05) is 6.54 Å². The van der Waals surface area contributed by atoms with Gasteiger partial charge in [0.15, 0.2) is 0 Å². The van der Waals surface area contributed by atoms with E-state index in [1.807, 2.05) is 35.7 Å². The smallest absolute Gasteiger partial charge is 0.0959 e. The van der Waals surface area contributed by atoms with Gasteiger partial charge in [0.2, 0.25) is 0 Å². The van der Waals surface area contributed by atoms with Gasteiger partial charge in [-0.15, -0.1) is 11.3 Å². The fourth-order valence-corrected chi connectivity index (χ4v) is 3.62. The average Bonchev–Trinajstić information content (AvgIpc) is 2.86. The Balaban J connectivity index is 1.40. The van der Waals surface area contributed by atoms with Crippen LogP contribution in [-0.2, 0) is 13.0 Å². The Morgan fingerprint density at radius 2 is 2.10 bits per heavy atom. The highest BCUT2D eigenvalue weighted by Crippen LogP contribution is 2.38. The summed E-state index contributed by atoms with van der Waals surface area (Å²) >= 11 is 1.82. The highest BCUT2D eigenvalue weighted by molar-refractivity contribution is 7.11. The lowest BCUT2D eigenvalue weighted by Gasteiger charge is -2.22. The number of hydrogen-bond acceptors (Lipinski definition) is 4. The van der Waals surface area contributed by atoms with Crippen molar-refractivity contribution < 1.29 is 5.11 Å². The summed E-state index contributed by atoms with van der Waals surface area (Å²) in [5, 5.41) is 14.7. The van der Waals surface area contributed by atoms with Gasteiger partial charge in [-0.2, -0.15) is 0 Å². The van der Waals surface area contributed by atoms with Gasteiger partial charge in [-0.1, -0.05) is 36.8 Å². The van der Waals surface area contributed by atoms with Crippen LogP contribution in [-0.4, -0.2) is 22.7 Å². The maximum absolute atomic E-state index is 10.0. The molecule has 0 bridgehead atoms. The van der Waals surface area contributed by atoms with Crippen LogP contribution < -0.4 is 5.32 Å². The highest BCUT2D eigenvalue weighted by atomic mass is 32.1. The SMILES string of the molecule is OC(CNCc1cnc(C2CCC2)s1)Cc1ccccc1. The van der Waals surface area contributed by atoms with E-state index in [4.69, 9.17) is 0 Å².